The van der Waals surface area contributed by atoms with Crippen molar-refractivity contribution in [2.75, 3.05) is 18.0 Å². The summed E-state index contributed by atoms with van der Waals surface area (Å²) in [4.78, 5) is 27.1. The molecule has 1 N–H and O–H groups in total. The van der Waals surface area contributed by atoms with E-state index in [2.05, 4.69) is 14.9 Å². The summed E-state index contributed by atoms with van der Waals surface area (Å²) >= 11 is 0. The van der Waals surface area contributed by atoms with Crippen LogP contribution in [0.5, 0.6) is 0 Å². The van der Waals surface area contributed by atoms with Crippen LogP contribution in [0.4, 0.5) is 5.82 Å². The van der Waals surface area contributed by atoms with Gasteiger partial charge in [-0.3, -0.25) is 9.78 Å². The van der Waals surface area contributed by atoms with Crippen molar-refractivity contribution in [2.45, 2.75) is 12.8 Å². The number of aromatic nitrogens is 3. The summed E-state index contributed by atoms with van der Waals surface area (Å²) in [5.41, 5.74) is 1.70. The summed E-state index contributed by atoms with van der Waals surface area (Å²) < 4.78 is 0. The molecule has 126 valence electrons. The van der Waals surface area contributed by atoms with Crippen LogP contribution in [0.25, 0.3) is 22.3 Å². The molecule has 0 bridgehead atoms. The topological polar surface area (TPSA) is 79.2 Å². The molecule has 0 amide bonds. The van der Waals surface area contributed by atoms with E-state index in [4.69, 9.17) is 4.98 Å². The van der Waals surface area contributed by atoms with Crippen LogP contribution in [0.15, 0.2) is 48.8 Å². The molecule has 3 aromatic rings. The first kappa shape index (κ1) is 15.5. The van der Waals surface area contributed by atoms with Crippen molar-refractivity contribution in [1.29, 1.82) is 0 Å². The molecule has 1 aliphatic rings. The first-order valence-electron chi connectivity index (χ1n) is 8.37. The van der Waals surface area contributed by atoms with Gasteiger partial charge in [-0.05, 0) is 37.1 Å². The molecule has 4 rings (SSSR count). The molecule has 1 saturated heterocycles. The Morgan fingerprint density at radius 2 is 2.04 bits per heavy atom. The Kier molecular flexibility index (Phi) is 4.01. The molecule has 2 aromatic heterocycles. The molecule has 1 atom stereocenters. The lowest BCUT2D eigenvalue weighted by Crippen LogP contribution is -2.39. The number of hydrogen-bond donors (Lipinski definition) is 1. The molecule has 0 aliphatic carbocycles. The lowest BCUT2D eigenvalue weighted by molar-refractivity contribution is -0.141. The molecule has 25 heavy (non-hydrogen) atoms. The highest BCUT2D eigenvalue weighted by atomic mass is 16.4. The maximum atomic E-state index is 11.4. The molecule has 0 unspecified atom stereocenters. The van der Waals surface area contributed by atoms with Gasteiger partial charge in [0.15, 0.2) is 5.82 Å². The van der Waals surface area contributed by atoms with Crippen LogP contribution < -0.4 is 4.90 Å². The molecule has 1 fully saturated rings. The summed E-state index contributed by atoms with van der Waals surface area (Å²) in [7, 11) is 0. The van der Waals surface area contributed by atoms with E-state index >= 15 is 0 Å². The van der Waals surface area contributed by atoms with Crippen LogP contribution in [0, 0.1) is 5.92 Å². The first-order valence-corrected chi connectivity index (χ1v) is 8.37. The average molecular weight is 334 g/mol. The third-order valence-corrected chi connectivity index (χ3v) is 4.57. The predicted octanol–water partition coefficient (Wildman–Crippen LogP) is 2.99. The van der Waals surface area contributed by atoms with Crippen molar-refractivity contribution in [3.8, 4) is 11.4 Å². The highest BCUT2D eigenvalue weighted by molar-refractivity contribution is 5.91. The van der Waals surface area contributed by atoms with Gasteiger partial charge >= 0.3 is 5.97 Å². The minimum atomic E-state index is -0.740. The van der Waals surface area contributed by atoms with Gasteiger partial charge in [-0.25, -0.2) is 9.97 Å². The molecular formula is C19H18N4O2. The summed E-state index contributed by atoms with van der Waals surface area (Å²) in [6.45, 7) is 1.28. The van der Waals surface area contributed by atoms with Gasteiger partial charge in [0, 0.05) is 36.4 Å². The summed E-state index contributed by atoms with van der Waals surface area (Å²) in [5, 5.41) is 10.3. The van der Waals surface area contributed by atoms with Crippen molar-refractivity contribution in [2.24, 2.45) is 5.92 Å². The van der Waals surface area contributed by atoms with Gasteiger partial charge in [0.1, 0.15) is 5.82 Å². The largest absolute Gasteiger partial charge is 0.481 e. The number of rotatable bonds is 3. The summed E-state index contributed by atoms with van der Waals surface area (Å²) in [5.74, 6) is 0.314. The number of fused-ring (bicyclic) bond motifs is 1. The van der Waals surface area contributed by atoms with Gasteiger partial charge in [-0.15, -0.1) is 0 Å². The number of carboxylic acid groups (broad SMARTS) is 1. The third-order valence-electron chi connectivity index (χ3n) is 4.57. The minimum absolute atomic E-state index is 0.357. The zero-order valence-electron chi connectivity index (χ0n) is 13.7. The second-order valence-electron chi connectivity index (χ2n) is 6.25. The predicted molar refractivity (Wildman–Crippen MR) is 95.3 cm³/mol. The normalized spacial score (nSPS) is 17.6. The van der Waals surface area contributed by atoms with Crippen molar-refractivity contribution in [1.82, 2.24) is 15.0 Å². The first-order chi connectivity index (χ1) is 12.2. The number of benzene rings is 1. The number of para-hydroxylation sites is 1. The smallest absolute Gasteiger partial charge is 0.308 e. The van der Waals surface area contributed by atoms with E-state index in [1.807, 2.05) is 36.4 Å². The maximum absolute atomic E-state index is 11.4. The second kappa shape index (κ2) is 6.47. The average Bonchev–Trinajstić information content (AvgIpc) is 2.68. The lowest BCUT2D eigenvalue weighted by Gasteiger charge is -2.32. The molecule has 0 radical (unpaired) electrons. The van der Waals surface area contributed by atoms with Crippen LogP contribution in [0.3, 0.4) is 0 Å². The van der Waals surface area contributed by atoms with Crippen LogP contribution in [0.1, 0.15) is 12.8 Å². The van der Waals surface area contributed by atoms with Crippen molar-refractivity contribution in [3.05, 3.63) is 48.8 Å². The molecule has 6 nitrogen and oxygen atoms in total. The Balaban J connectivity index is 1.83. The number of carbonyl (C=O) groups is 1. The van der Waals surface area contributed by atoms with E-state index in [9.17, 15) is 9.90 Å². The van der Waals surface area contributed by atoms with E-state index < -0.39 is 5.97 Å². The number of anilines is 1. The van der Waals surface area contributed by atoms with Crippen LogP contribution in [-0.4, -0.2) is 39.1 Å². The molecule has 1 aromatic carbocycles. The lowest BCUT2D eigenvalue weighted by atomic mass is 9.98. The molecular weight excluding hydrogens is 316 g/mol. The van der Waals surface area contributed by atoms with Crippen molar-refractivity contribution >= 4 is 22.7 Å². The zero-order chi connectivity index (χ0) is 17.2. The van der Waals surface area contributed by atoms with Gasteiger partial charge in [-0.1, -0.05) is 12.1 Å². The Hall–Kier alpha value is -3.02. The van der Waals surface area contributed by atoms with Crippen LogP contribution in [0.2, 0.25) is 0 Å². The van der Waals surface area contributed by atoms with Crippen LogP contribution >= 0.6 is 0 Å². The van der Waals surface area contributed by atoms with Gasteiger partial charge in [0.05, 0.1) is 11.4 Å². The van der Waals surface area contributed by atoms with E-state index in [1.165, 1.54) is 0 Å². The number of hydrogen-bond acceptors (Lipinski definition) is 5. The Bertz CT molecular complexity index is 914. The van der Waals surface area contributed by atoms with Gasteiger partial charge in [0.25, 0.3) is 0 Å². The van der Waals surface area contributed by atoms with E-state index in [-0.39, 0.29) is 5.92 Å². The fraction of sp³-hybridized carbons (Fsp3) is 0.263. The number of nitrogens with zero attached hydrogens (tertiary/aromatic N) is 4. The minimum Gasteiger partial charge on any atom is -0.481 e. The van der Waals surface area contributed by atoms with E-state index in [0.717, 1.165) is 35.2 Å². The molecule has 6 heteroatoms. The quantitative estimate of drug-likeness (QED) is 0.793. The fourth-order valence-electron chi connectivity index (χ4n) is 3.30. The number of carboxylic acids is 1. The van der Waals surface area contributed by atoms with Gasteiger partial charge in [0.2, 0.25) is 0 Å². The Morgan fingerprint density at radius 3 is 2.84 bits per heavy atom. The molecule has 0 saturated carbocycles. The molecule has 1 aliphatic heterocycles. The van der Waals surface area contributed by atoms with Crippen molar-refractivity contribution in [3.63, 3.8) is 0 Å². The third kappa shape index (κ3) is 3.03. The Labute approximate surface area is 145 Å². The standard InChI is InChI=1S/C19H18N4O2/c24-19(25)14-6-4-10-23(12-14)18-15-7-1-2-8-16(15)21-17(22-18)13-5-3-9-20-11-13/h1-3,5,7-9,11,14H,4,6,10,12H2,(H,24,25)/t14-/m0/s1. The summed E-state index contributed by atoms with van der Waals surface area (Å²) in [6, 6.07) is 11.6. The second-order valence-corrected chi connectivity index (χ2v) is 6.25. The SMILES string of the molecule is O=C(O)[C@H]1CCCN(c2nc(-c3cccnc3)nc3ccccc23)C1. The molecule has 3 heterocycles. The number of pyridine rings is 1. The summed E-state index contributed by atoms with van der Waals surface area (Å²) in [6.07, 6.45) is 5.01. The number of piperidine rings is 1. The van der Waals surface area contributed by atoms with E-state index in [1.54, 1.807) is 12.4 Å². The van der Waals surface area contributed by atoms with Gasteiger partial charge in [-0.2, -0.15) is 0 Å². The van der Waals surface area contributed by atoms with Crippen molar-refractivity contribution < 1.29 is 9.90 Å². The fourth-order valence-corrected chi connectivity index (χ4v) is 3.30. The monoisotopic (exact) mass is 334 g/mol. The van der Waals surface area contributed by atoms with Gasteiger partial charge < -0.3 is 10.0 Å². The zero-order valence-corrected chi connectivity index (χ0v) is 13.7. The highest BCUT2D eigenvalue weighted by Crippen LogP contribution is 2.30. The van der Waals surface area contributed by atoms with E-state index in [0.29, 0.717) is 18.8 Å². The Morgan fingerprint density at radius 1 is 1.16 bits per heavy atom. The number of aliphatic carboxylic acids is 1. The van der Waals surface area contributed by atoms with Crippen LogP contribution in [-0.2, 0) is 4.79 Å². The highest BCUT2D eigenvalue weighted by Gasteiger charge is 2.27. The molecule has 0 spiro atoms. The maximum Gasteiger partial charge on any atom is 0.308 e.